The van der Waals surface area contributed by atoms with Crippen LogP contribution in [0.25, 0.3) is 0 Å². The van der Waals surface area contributed by atoms with Crippen LogP contribution in [0.15, 0.2) is 29.2 Å². The van der Waals surface area contributed by atoms with E-state index in [9.17, 15) is 9.00 Å². The van der Waals surface area contributed by atoms with Crippen molar-refractivity contribution < 1.29 is 14.1 Å². The van der Waals surface area contributed by atoms with Gasteiger partial charge in [-0.25, -0.2) is 0 Å². The monoisotopic (exact) mass is 260 g/mol. The van der Waals surface area contributed by atoms with Gasteiger partial charge in [0.1, 0.15) is 5.25 Å². The SMILES string of the molecule is CC(C)C(C(=O)O)S(=O)c1ccc(Cl)cc1. The summed E-state index contributed by atoms with van der Waals surface area (Å²) in [5.41, 5.74) is 0. The van der Waals surface area contributed by atoms with Crippen LogP contribution in [0.3, 0.4) is 0 Å². The quantitative estimate of drug-likeness (QED) is 0.905. The summed E-state index contributed by atoms with van der Waals surface area (Å²) >= 11 is 5.71. The molecule has 0 aliphatic rings. The minimum atomic E-state index is -1.55. The number of rotatable bonds is 4. The summed E-state index contributed by atoms with van der Waals surface area (Å²) in [6.45, 7) is 3.49. The molecule has 0 saturated carbocycles. The molecule has 1 aromatic rings. The Balaban J connectivity index is 2.99. The first-order valence-corrected chi connectivity index (χ1v) is 6.41. The normalized spacial score (nSPS) is 14.8. The Bertz CT molecular complexity index is 400. The molecule has 5 heteroatoms. The van der Waals surface area contributed by atoms with E-state index < -0.39 is 22.0 Å². The summed E-state index contributed by atoms with van der Waals surface area (Å²) in [7, 11) is -1.55. The first-order valence-electron chi connectivity index (χ1n) is 4.82. The van der Waals surface area contributed by atoms with Crippen LogP contribution in [-0.2, 0) is 15.6 Å². The molecule has 2 unspecified atom stereocenters. The molecule has 0 saturated heterocycles. The third-order valence-corrected chi connectivity index (χ3v) is 4.32. The number of carbonyl (C=O) groups is 1. The molecule has 0 bridgehead atoms. The van der Waals surface area contributed by atoms with Crippen molar-refractivity contribution in [1.82, 2.24) is 0 Å². The number of aliphatic carboxylic acids is 1. The van der Waals surface area contributed by atoms with E-state index in [1.54, 1.807) is 38.1 Å². The molecule has 0 fully saturated rings. The van der Waals surface area contributed by atoms with Gasteiger partial charge in [0, 0.05) is 9.92 Å². The third kappa shape index (κ3) is 3.06. The van der Waals surface area contributed by atoms with E-state index in [-0.39, 0.29) is 5.92 Å². The van der Waals surface area contributed by atoms with Crippen molar-refractivity contribution in [2.24, 2.45) is 5.92 Å². The van der Waals surface area contributed by atoms with Gasteiger partial charge in [-0.2, -0.15) is 0 Å². The van der Waals surface area contributed by atoms with Crippen molar-refractivity contribution in [1.29, 1.82) is 0 Å². The highest BCUT2D eigenvalue weighted by molar-refractivity contribution is 7.86. The molecule has 1 rings (SSSR count). The van der Waals surface area contributed by atoms with Gasteiger partial charge in [0.2, 0.25) is 0 Å². The Kier molecular flexibility index (Phi) is 4.50. The maximum absolute atomic E-state index is 12.0. The molecule has 0 aromatic heterocycles. The van der Waals surface area contributed by atoms with Crippen LogP contribution in [0.1, 0.15) is 13.8 Å². The Labute approximate surface area is 102 Å². The summed E-state index contributed by atoms with van der Waals surface area (Å²) in [4.78, 5) is 11.5. The van der Waals surface area contributed by atoms with Crippen LogP contribution in [0.4, 0.5) is 0 Å². The molecule has 0 aliphatic carbocycles. The maximum atomic E-state index is 12.0. The molecule has 0 heterocycles. The van der Waals surface area contributed by atoms with E-state index in [1.165, 1.54) is 0 Å². The van der Waals surface area contributed by atoms with E-state index in [0.29, 0.717) is 9.92 Å². The van der Waals surface area contributed by atoms with Crippen molar-refractivity contribution >= 4 is 28.4 Å². The van der Waals surface area contributed by atoms with Gasteiger partial charge >= 0.3 is 5.97 Å². The number of hydrogen-bond donors (Lipinski definition) is 1. The predicted molar refractivity (Wildman–Crippen MR) is 64.1 cm³/mol. The molecule has 0 aliphatic heterocycles. The highest BCUT2D eigenvalue weighted by Gasteiger charge is 2.29. The van der Waals surface area contributed by atoms with Crippen molar-refractivity contribution in [2.45, 2.75) is 24.0 Å². The lowest BCUT2D eigenvalue weighted by atomic mass is 10.1. The largest absolute Gasteiger partial charge is 0.480 e. The van der Waals surface area contributed by atoms with Gasteiger partial charge in [-0.15, -0.1) is 0 Å². The van der Waals surface area contributed by atoms with Crippen LogP contribution in [0.2, 0.25) is 5.02 Å². The van der Waals surface area contributed by atoms with Gasteiger partial charge in [-0.05, 0) is 30.2 Å². The van der Waals surface area contributed by atoms with Crippen molar-refractivity contribution in [3.8, 4) is 0 Å². The molecule has 88 valence electrons. The molecule has 1 aromatic carbocycles. The van der Waals surface area contributed by atoms with Crippen molar-refractivity contribution in [3.05, 3.63) is 29.3 Å². The minimum absolute atomic E-state index is 0.186. The average Bonchev–Trinajstić information content (AvgIpc) is 2.17. The number of halogens is 1. The molecule has 3 nitrogen and oxygen atoms in total. The molecule has 1 N–H and O–H groups in total. The standard InChI is InChI=1S/C11H13ClO3S/c1-7(2)10(11(13)14)16(15)9-5-3-8(12)4-6-9/h3-7,10H,1-2H3,(H,13,14). The summed E-state index contributed by atoms with van der Waals surface area (Å²) in [6, 6.07) is 6.40. The van der Waals surface area contributed by atoms with Crippen LogP contribution in [0.5, 0.6) is 0 Å². The van der Waals surface area contributed by atoms with Gasteiger partial charge in [0.05, 0.1) is 10.8 Å². The second-order valence-corrected chi connectivity index (χ2v) is 5.76. The first-order chi connectivity index (χ1) is 7.43. The van der Waals surface area contributed by atoms with E-state index in [2.05, 4.69) is 0 Å². The van der Waals surface area contributed by atoms with Gasteiger partial charge in [-0.1, -0.05) is 25.4 Å². The number of carboxylic acid groups (broad SMARTS) is 1. The fraction of sp³-hybridized carbons (Fsp3) is 0.364. The summed E-state index contributed by atoms with van der Waals surface area (Å²) < 4.78 is 12.0. The molecule has 0 radical (unpaired) electrons. The zero-order valence-corrected chi connectivity index (χ0v) is 10.6. The zero-order chi connectivity index (χ0) is 12.3. The van der Waals surface area contributed by atoms with E-state index >= 15 is 0 Å². The van der Waals surface area contributed by atoms with Crippen LogP contribution in [-0.4, -0.2) is 20.5 Å². The smallest absolute Gasteiger partial charge is 0.319 e. The zero-order valence-electron chi connectivity index (χ0n) is 9.01. The molecule has 16 heavy (non-hydrogen) atoms. The fourth-order valence-electron chi connectivity index (χ4n) is 1.34. The summed E-state index contributed by atoms with van der Waals surface area (Å²) in [5.74, 6) is -1.22. The minimum Gasteiger partial charge on any atom is -0.480 e. The summed E-state index contributed by atoms with van der Waals surface area (Å²) in [5, 5.41) is 8.66. The van der Waals surface area contributed by atoms with Gasteiger partial charge in [-0.3, -0.25) is 9.00 Å². The van der Waals surface area contributed by atoms with Gasteiger partial charge in [0.15, 0.2) is 0 Å². The second-order valence-electron chi connectivity index (χ2n) is 3.75. The Hall–Kier alpha value is -0.870. The van der Waals surface area contributed by atoms with E-state index in [1.807, 2.05) is 0 Å². The van der Waals surface area contributed by atoms with Crippen molar-refractivity contribution in [2.75, 3.05) is 0 Å². The lowest BCUT2D eigenvalue weighted by Crippen LogP contribution is -2.30. The van der Waals surface area contributed by atoms with Crippen molar-refractivity contribution in [3.63, 3.8) is 0 Å². The lowest BCUT2D eigenvalue weighted by molar-refractivity contribution is -0.137. The first kappa shape index (κ1) is 13.2. The predicted octanol–water partition coefficient (Wildman–Crippen LogP) is 2.56. The Morgan fingerprint density at radius 2 is 1.81 bits per heavy atom. The van der Waals surface area contributed by atoms with Gasteiger partial charge < -0.3 is 5.11 Å². The number of carboxylic acids is 1. The highest BCUT2D eigenvalue weighted by atomic mass is 35.5. The molecular weight excluding hydrogens is 248 g/mol. The number of hydrogen-bond acceptors (Lipinski definition) is 2. The Morgan fingerprint density at radius 3 is 2.19 bits per heavy atom. The molecule has 0 amide bonds. The number of benzene rings is 1. The lowest BCUT2D eigenvalue weighted by Gasteiger charge is -2.15. The van der Waals surface area contributed by atoms with Crippen LogP contribution >= 0.6 is 11.6 Å². The molecule has 2 atom stereocenters. The third-order valence-electron chi connectivity index (χ3n) is 2.13. The average molecular weight is 261 g/mol. The molecular formula is C11H13ClO3S. The molecule has 0 spiro atoms. The van der Waals surface area contributed by atoms with E-state index in [4.69, 9.17) is 16.7 Å². The highest BCUT2D eigenvalue weighted by Crippen LogP contribution is 2.19. The van der Waals surface area contributed by atoms with Gasteiger partial charge in [0.25, 0.3) is 0 Å². The van der Waals surface area contributed by atoms with E-state index in [0.717, 1.165) is 0 Å². The summed E-state index contributed by atoms with van der Waals surface area (Å²) in [6.07, 6.45) is 0. The fourth-order valence-corrected chi connectivity index (χ4v) is 2.84. The van der Waals surface area contributed by atoms with Crippen LogP contribution < -0.4 is 0 Å². The Morgan fingerprint density at radius 1 is 1.31 bits per heavy atom. The maximum Gasteiger partial charge on any atom is 0.319 e. The topological polar surface area (TPSA) is 54.4 Å². The second kappa shape index (κ2) is 5.46. The van der Waals surface area contributed by atoms with Crippen LogP contribution in [0, 0.1) is 5.92 Å².